The number of benzene rings is 1. The summed E-state index contributed by atoms with van der Waals surface area (Å²) in [5.41, 5.74) is 7.01. The van der Waals surface area contributed by atoms with Crippen LogP contribution in [0.4, 0.5) is 4.39 Å². The zero-order valence-electron chi connectivity index (χ0n) is 11.7. The Balaban J connectivity index is 1.91. The summed E-state index contributed by atoms with van der Waals surface area (Å²) in [5, 5.41) is 0.560. The van der Waals surface area contributed by atoms with E-state index in [0.717, 1.165) is 11.1 Å². The van der Waals surface area contributed by atoms with Gasteiger partial charge in [0.1, 0.15) is 6.17 Å². The minimum atomic E-state index is -1.05. The van der Waals surface area contributed by atoms with Crippen LogP contribution in [0.15, 0.2) is 35.2 Å². The number of oxazole rings is 1. The zero-order valence-corrected chi connectivity index (χ0v) is 12.5. The van der Waals surface area contributed by atoms with Crippen molar-refractivity contribution in [1.29, 1.82) is 0 Å². The van der Waals surface area contributed by atoms with Crippen LogP contribution >= 0.6 is 11.6 Å². The average Bonchev–Trinajstić information content (AvgIpc) is 3.09. The maximum atomic E-state index is 13.6. The summed E-state index contributed by atoms with van der Waals surface area (Å²) in [7, 11) is 0. The molecule has 22 heavy (non-hydrogen) atoms. The van der Waals surface area contributed by atoms with Gasteiger partial charge in [0, 0.05) is 30.1 Å². The van der Waals surface area contributed by atoms with Crippen LogP contribution in [0.5, 0.6) is 0 Å². The summed E-state index contributed by atoms with van der Waals surface area (Å²) in [6.45, 7) is 0.542. The molecule has 1 aliphatic heterocycles. The maximum Gasteiger partial charge on any atom is 0.234 e. The first-order valence-electron chi connectivity index (χ1n) is 6.89. The van der Waals surface area contributed by atoms with Crippen LogP contribution in [0.1, 0.15) is 12.0 Å². The summed E-state index contributed by atoms with van der Waals surface area (Å²) >= 11 is 6.06. The van der Waals surface area contributed by atoms with Crippen LogP contribution in [-0.4, -0.2) is 34.5 Å². The highest BCUT2D eigenvalue weighted by molar-refractivity contribution is 6.30. The summed E-state index contributed by atoms with van der Waals surface area (Å²) in [5.74, 6) is 0.0849. The maximum absolute atomic E-state index is 13.6. The molecule has 7 heteroatoms. The van der Waals surface area contributed by atoms with E-state index in [0.29, 0.717) is 17.3 Å². The van der Waals surface area contributed by atoms with E-state index in [-0.39, 0.29) is 13.0 Å². The number of nitrogens with zero attached hydrogens (tertiary/aromatic N) is 2. The first-order valence-corrected chi connectivity index (χ1v) is 7.27. The lowest BCUT2D eigenvalue weighted by Gasteiger charge is -2.22. The monoisotopic (exact) mass is 323 g/mol. The van der Waals surface area contributed by atoms with Gasteiger partial charge in [-0.2, -0.15) is 0 Å². The van der Waals surface area contributed by atoms with E-state index >= 15 is 0 Å². The Morgan fingerprint density at radius 1 is 1.55 bits per heavy atom. The molecule has 1 aliphatic rings. The van der Waals surface area contributed by atoms with Gasteiger partial charge in [-0.25, -0.2) is 9.37 Å². The van der Waals surface area contributed by atoms with Gasteiger partial charge < -0.3 is 10.2 Å². The summed E-state index contributed by atoms with van der Waals surface area (Å²) in [6, 6.07) is 4.75. The van der Waals surface area contributed by atoms with Crippen molar-refractivity contribution in [2.75, 3.05) is 6.54 Å². The highest BCUT2D eigenvalue weighted by atomic mass is 35.5. The third-order valence-electron chi connectivity index (χ3n) is 3.82. The molecule has 2 heterocycles. The van der Waals surface area contributed by atoms with E-state index < -0.39 is 18.1 Å². The Morgan fingerprint density at radius 2 is 2.36 bits per heavy atom. The van der Waals surface area contributed by atoms with Crippen LogP contribution < -0.4 is 5.73 Å². The van der Waals surface area contributed by atoms with Gasteiger partial charge in [0.05, 0.1) is 12.2 Å². The number of likely N-dealkylation sites (tertiary alicyclic amines) is 1. The molecule has 0 radical (unpaired) electrons. The molecule has 2 aromatic rings. The van der Waals surface area contributed by atoms with Crippen molar-refractivity contribution in [3.63, 3.8) is 0 Å². The molecule has 0 bridgehead atoms. The van der Waals surface area contributed by atoms with Crippen molar-refractivity contribution in [2.45, 2.75) is 25.2 Å². The number of aromatic nitrogens is 1. The van der Waals surface area contributed by atoms with Gasteiger partial charge in [-0.15, -0.1) is 0 Å². The second kappa shape index (κ2) is 6.06. The zero-order chi connectivity index (χ0) is 15.7. The third kappa shape index (κ3) is 2.98. The average molecular weight is 324 g/mol. The molecule has 5 nitrogen and oxygen atoms in total. The standard InChI is InChI=1S/C15H15ClFN3O2/c16-10-1-2-12(14-5-19-8-22-14)9(3-10)6-20-7-11(17)4-13(20)15(18)21/h1-3,5,8,11,13H,4,6-7H2,(H2,18,21)/t11-,13+/m1/s1. The van der Waals surface area contributed by atoms with Gasteiger partial charge in [0.15, 0.2) is 12.2 Å². The molecular weight excluding hydrogens is 309 g/mol. The fraction of sp³-hybridized carbons (Fsp3) is 0.333. The molecule has 116 valence electrons. The molecule has 1 aromatic heterocycles. The van der Waals surface area contributed by atoms with Crippen LogP contribution in [0.2, 0.25) is 5.02 Å². The first kappa shape index (κ1) is 15.0. The number of halogens is 2. The normalized spacial score (nSPS) is 22.1. The fourth-order valence-electron chi connectivity index (χ4n) is 2.82. The lowest BCUT2D eigenvalue weighted by molar-refractivity contribution is -0.122. The van der Waals surface area contributed by atoms with Crippen molar-refractivity contribution in [1.82, 2.24) is 9.88 Å². The number of carbonyl (C=O) groups is 1. The second-order valence-corrected chi connectivity index (χ2v) is 5.78. The number of primary amides is 1. The molecule has 1 fully saturated rings. The fourth-order valence-corrected chi connectivity index (χ4v) is 3.01. The lowest BCUT2D eigenvalue weighted by Crippen LogP contribution is -2.39. The van der Waals surface area contributed by atoms with E-state index in [9.17, 15) is 9.18 Å². The molecule has 2 N–H and O–H groups in total. The van der Waals surface area contributed by atoms with Crippen LogP contribution in [0.3, 0.4) is 0 Å². The second-order valence-electron chi connectivity index (χ2n) is 5.35. The van der Waals surface area contributed by atoms with Crippen molar-refractivity contribution < 1.29 is 13.6 Å². The Kier molecular flexibility index (Phi) is 4.13. The van der Waals surface area contributed by atoms with Crippen LogP contribution in [0.25, 0.3) is 11.3 Å². The minimum Gasteiger partial charge on any atom is -0.444 e. The molecule has 2 atom stereocenters. The van der Waals surface area contributed by atoms with Crippen molar-refractivity contribution in [2.24, 2.45) is 5.73 Å². The summed E-state index contributed by atoms with van der Waals surface area (Å²) < 4.78 is 19.0. The minimum absolute atomic E-state index is 0.132. The number of alkyl halides is 1. The predicted octanol–water partition coefficient (Wildman–Crippen LogP) is 2.39. The first-order chi connectivity index (χ1) is 10.5. The Labute approximate surface area is 131 Å². The van der Waals surface area contributed by atoms with Crippen molar-refractivity contribution in [3.05, 3.63) is 41.4 Å². The number of nitrogens with two attached hydrogens (primary N) is 1. The molecular formula is C15H15ClFN3O2. The highest BCUT2D eigenvalue weighted by Gasteiger charge is 2.36. The topological polar surface area (TPSA) is 72.4 Å². The van der Waals surface area contributed by atoms with Crippen molar-refractivity contribution >= 4 is 17.5 Å². The summed E-state index contributed by atoms with van der Waals surface area (Å²) in [6.07, 6.45) is 2.02. The van der Waals surface area contributed by atoms with E-state index in [1.165, 1.54) is 6.39 Å². The Morgan fingerprint density at radius 3 is 3.05 bits per heavy atom. The molecule has 0 unspecified atom stereocenters. The number of carbonyl (C=O) groups excluding carboxylic acids is 1. The van der Waals surface area contributed by atoms with E-state index in [4.69, 9.17) is 21.8 Å². The van der Waals surface area contributed by atoms with Crippen LogP contribution in [-0.2, 0) is 11.3 Å². The van der Waals surface area contributed by atoms with Gasteiger partial charge in [-0.1, -0.05) is 11.6 Å². The SMILES string of the molecule is NC(=O)[C@@H]1C[C@@H](F)CN1Cc1cc(Cl)ccc1-c1cnco1. The molecule has 1 aromatic carbocycles. The number of hydrogen-bond acceptors (Lipinski definition) is 4. The number of rotatable bonds is 4. The van der Waals surface area contributed by atoms with Gasteiger partial charge >= 0.3 is 0 Å². The number of amides is 1. The van der Waals surface area contributed by atoms with Gasteiger partial charge in [0.2, 0.25) is 5.91 Å². The molecule has 1 amide bonds. The molecule has 0 aliphatic carbocycles. The summed E-state index contributed by atoms with van der Waals surface area (Å²) in [4.78, 5) is 17.1. The van der Waals surface area contributed by atoms with Gasteiger partial charge in [0.25, 0.3) is 0 Å². The smallest absolute Gasteiger partial charge is 0.234 e. The molecule has 0 saturated carbocycles. The third-order valence-corrected chi connectivity index (χ3v) is 4.05. The number of hydrogen-bond donors (Lipinski definition) is 1. The largest absolute Gasteiger partial charge is 0.444 e. The molecule has 0 spiro atoms. The predicted molar refractivity (Wildman–Crippen MR) is 79.9 cm³/mol. The molecule has 3 rings (SSSR count). The quantitative estimate of drug-likeness (QED) is 0.937. The Bertz CT molecular complexity index is 677. The molecule has 1 saturated heterocycles. The van der Waals surface area contributed by atoms with Gasteiger partial charge in [-0.3, -0.25) is 9.69 Å². The van der Waals surface area contributed by atoms with E-state index in [1.807, 2.05) is 6.07 Å². The van der Waals surface area contributed by atoms with Crippen LogP contribution in [0, 0.1) is 0 Å². The van der Waals surface area contributed by atoms with Gasteiger partial charge in [-0.05, 0) is 23.8 Å². The van der Waals surface area contributed by atoms with E-state index in [2.05, 4.69) is 4.98 Å². The Hall–Kier alpha value is -1.92. The van der Waals surface area contributed by atoms with Crippen molar-refractivity contribution in [3.8, 4) is 11.3 Å². The van der Waals surface area contributed by atoms with E-state index in [1.54, 1.807) is 23.2 Å². The lowest BCUT2D eigenvalue weighted by atomic mass is 10.0. The highest BCUT2D eigenvalue weighted by Crippen LogP contribution is 2.30.